The Morgan fingerprint density at radius 3 is 2.94 bits per heavy atom. The second-order valence-corrected chi connectivity index (χ2v) is 3.52. The van der Waals surface area contributed by atoms with Gasteiger partial charge >= 0.3 is 6.09 Å². The van der Waals surface area contributed by atoms with Crippen LogP contribution < -0.4 is 10.1 Å². The normalized spacial score (nSPS) is 18.6. The molecule has 1 aliphatic rings. The maximum atomic E-state index is 11.1. The van der Waals surface area contributed by atoms with Gasteiger partial charge in [-0.15, -0.1) is 12.4 Å². The van der Waals surface area contributed by atoms with Crippen LogP contribution in [0.4, 0.5) is 4.79 Å². The summed E-state index contributed by atoms with van der Waals surface area (Å²) in [7, 11) is 1.49. The minimum atomic E-state index is -0.460. The molecule has 1 aromatic carbocycles. The van der Waals surface area contributed by atoms with Crippen molar-refractivity contribution in [2.24, 2.45) is 0 Å². The highest BCUT2D eigenvalue weighted by atomic mass is 35.5. The standard InChI is InChI=1S/C11H13NO4.ClH/c1-15-9-4-2-3-7(10(9)13)8-5-6-16-11(14)12-8;/h2-4,8,13H,5-6H2,1H3,(H,12,14);1H/t8-;/m1./s1. The van der Waals surface area contributed by atoms with Crippen LogP contribution in [0.3, 0.4) is 0 Å². The quantitative estimate of drug-likeness (QED) is 0.852. The van der Waals surface area contributed by atoms with Gasteiger partial charge in [0.1, 0.15) is 0 Å². The molecule has 1 aromatic rings. The van der Waals surface area contributed by atoms with Crippen LogP contribution >= 0.6 is 12.4 Å². The van der Waals surface area contributed by atoms with Crippen LogP contribution in [0.25, 0.3) is 0 Å². The van der Waals surface area contributed by atoms with Gasteiger partial charge in [0.15, 0.2) is 11.5 Å². The average molecular weight is 260 g/mol. The van der Waals surface area contributed by atoms with E-state index in [2.05, 4.69) is 5.32 Å². The lowest BCUT2D eigenvalue weighted by Crippen LogP contribution is -2.35. The molecule has 1 fully saturated rings. The van der Waals surface area contributed by atoms with E-state index in [1.165, 1.54) is 7.11 Å². The fourth-order valence-corrected chi connectivity index (χ4v) is 1.74. The lowest BCUT2D eigenvalue weighted by molar-refractivity contribution is 0.115. The molecule has 2 rings (SSSR count). The number of cyclic esters (lactones) is 1. The molecule has 94 valence electrons. The Labute approximate surface area is 105 Å². The van der Waals surface area contributed by atoms with E-state index in [4.69, 9.17) is 9.47 Å². The number of phenols is 1. The molecule has 1 atom stereocenters. The predicted molar refractivity (Wildman–Crippen MR) is 63.7 cm³/mol. The summed E-state index contributed by atoms with van der Waals surface area (Å²) in [6, 6.07) is 4.97. The van der Waals surface area contributed by atoms with E-state index in [1.807, 2.05) is 0 Å². The number of carbonyl (C=O) groups is 1. The van der Waals surface area contributed by atoms with E-state index in [1.54, 1.807) is 18.2 Å². The van der Waals surface area contributed by atoms with Gasteiger partial charge in [0.25, 0.3) is 0 Å². The molecule has 1 saturated heterocycles. The Bertz CT molecular complexity index is 410. The van der Waals surface area contributed by atoms with Crippen molar-refractivity contribution in [3.05, 3.63) is 23.8 Å². The van der Waals surface area contributed by atoms with Gasteiger partial charge in [0.05, 0.1) is 19.8 Å². The number of ether oxygens (including phenoxy) is 2. The van der Waals surface area contributed by atoms with Gasteiger partial charge in [-0.2, -0.15) is 0 Å². The van der Waals surface area contributed by atoms with Crippen molar-refractivity contribution in [2.75, 3.05) is 13.7 Å². The zero-order valence-electron chi connectivity index (χ0n) is 9.30. The van der Waals surface area contributed by atoms with Gasteiger partial charge in [-0.3, -0.25) is 0 Å². The highest BCUT2D eigenvalue weighted by molar-refractivity contribution is 5.85. The summed E-state index contributed by atoms with van der Waals surface area (Å²) in [6.07, 6.45) is 0.172. The molecule has 0 bridgehead atoms. The lowest BCUT2D eigenvalue weighted by atomic mass is 10.0. The molecule has 2 N–H and O–H groups in total. The molecule has 0 spiro atoms. The van der Waals surface area contributed by atoms with Crippen molar-refractivity contribution in [3.63, 3.8) is 0 Å². The number of rotatable bonds is 2. The van der Waals surface area contributed by atoms with Gasteiger partial charge in [-0.25, -0.2) is 4.79 Å². The van der Waals surface area contributed by atoms with Crippen LogP contribution in [0.1, 0.15) is 18.0 Å². The van der Waals surface area contributed by atoms with Crippen LogP contribution in [0, 0.1) is 0 Å². The smallest absolute Gasteiger partial charge is 0.407 e. The molecule has 6 heteroatoms. The number of para-hydroxylation sites is 1. The number of hydrogen-bond acceptors (Lipinski definition) is 4. The second kappa shape index (κ2) is 5.63. The van der Waals surface area contributed by atoms with Crippen molar-refractivity contribution >= 4 is 18.5 Å². The van der Waals surface area contributed by atoms with E-state index in [0.29, 0.717) is 24.3 Å². The minimum Gasteiger partial charge on any atom is -0.504 e. The number of halogens is 1. The third kappa shape index (κ3) is 2.74. The first kappa shape index (κ1) is 13.4. The molecule has 5 nitrogen and oxygen atoms in total. The summed E-state index contributed by atoms with van der Waals surface area (Å²) in [5.74, 6) is 0.468. The first-order valence-corrected chi connectivity index (χ1v) is 5.01. The van der Waals surface area contributed by atoms with Gasteiger partial charge < -0.3 is 19.9 Å². The Balaban J connectivity index is 0.00000144. The molecule has 0 radical (unpaired) electrons. The first-order chi connectivity index (χ1) is 7.72. The van der Waals surface area contributed by atoms with E-state index >= 15 is 0 Å². The maximum absolute atomic E-state index is 11.1. The summed E-state index contributed by atoms with van der Waals surface area (Å²) < 4.78 is 9.77. The zero-order valence-corrected chi connectivity index (χ0v) is 10.1. The van der Waals surface area contributed by atoms with Gasteiger partial charge in [0, 0.05) is 12.0 Å². The zero-order chi connectivity index (χ0) is 11.5. The molecular formula is C11H14ClNO4. The fraction of sp³-hybridized carbons (Fsp3) is 0.364. The van der Waals surface area contributed by atoms with Crippen molar-refractivity contribution in [2.45, 2.75) is 12.5 Å². The molecule has 1 amide bonds. The summed E-state index contributed by atoms with van der Waals surface area (Å²) in [5.41, 5.74) is 0.649. The summed E-state index contributed by atoms with van der Waals surface area (Å²) >= 11 is 0. The number of amides is 1. The second-order valence-electron chi connectivity index (χ2n) is 3.52. The number of hydrogen-bond donors (Lipinski definition) is 2. The number of carbonyl (C=O) groups excluding carboxylic acids is 1. The van der Waals surface area contributed by atoms with Gasteiger partial charge in [-0.05, 0) is 6.07 Å². The molecular weight excluding hydrogens is 246 g/mol. The number of benzene rings is 1. The molecule has 1 aliphatic heterocycles. The molecule has 17 heavy (non-hydrogen) atoms. The number of alkyl carbamates (subject to hydrolysis) is 1. The Morgan fingerprint density at radius 2 is 2.29 bits per heavy atom. The third-order valence-electron chi connectivity index (χ3n) is 2.56. The molecule has 1 heterocycles. The molecule has 0 unspecified atom stereocenters. The minimum absolute atomic E-state index is 0. The molecule has 0 aromatic heterocycles. The lowest BCUT2D eigenvalue weighted by Gasteiger charge is -2.24. The van der Waals surface area contributed by atoms with E-state index < -0.39 is 6.09 Å². The van der Waals surface area contributed by atoms with Crippen molar-refractivity contribution in [1.82, 2.24) is 5.32 Å². The van der Waals surface area contributed by atoms with Crippen LogP contribution in [0.15, 0.2) is 18.2 Å². The first-order valence-electron chi connectivity index (χ1n) is 5.01. The van der Waals surface area contributed by atoms with Crippen molar-refractivity contribution < 1.29 is 19.4 Å². The predicted octanol–water partition coefficient (Wildman–Crippen LogP) is 1.99. The number of phenolic OH excluding ortho intramolecular Hbond substituents is 1. The van der Waals surface area contributed by atoms with Gasteiger partial charge in [-0.1, -0.05) is 12.1 Å². The molecule has 0 saturated carbocycles. The highest BCUT2D eigenvalue weighted by Gasteiger charge is 2.24. The largest absolute Gasteiger partial charge is 0.504 e. The summed E-state index contributed by atoms with van der Waals surface area (Å²) in [4.78, 5) is 11.1. The van der Waals surface area contributed by atoms with Crippen LogP contribution in [-0.4, -0.2) is 24.9 Å². The SMILES string of the molecule is COc1cccc([C@H]2CCOC(=O)N2)c1O.Cl. The van der Waals surface area contributed by atoms with Crippen LogP contribution in [0.2, 0.25) is 0 Å². The maximum Gasteiger partial charge on any atom is 0.407 e. The molecule has 0 aliphatic carbocycles. The third-order valence-corrected chi connectivity index (χ3v) is 2.56. The summed E-state index contributed by atoms with van der Waals surface area (Å²) in [6.45, 7) is 0.354. The number of nitrogens with one attached hydrogen (secondary N) is 1. The number of methoxy groups -OCH3 is 1. The summed E-state index contributed by atoms with van der Waals surface area (Å²) in [5, 5.41) is 12.6. The Morgan fingerprint density at radius 1 is 1.53 bits per heavy atom. The average Bonchev–Trinajstić information content (AvgIpc) is 2.29. The van der Waals surface area contributed by atoms with Crippen molar-refractivity contribution in [3.8, 4) is 11.5 Å². The monoisotopic (exact) mass is 259 g/mol. The Kier molecular flexibility index (Phi) is 4.45. The Hall–Kier alpha value is -1.62. The van der Waals surface area contributed by atoms with Gasteiger partial charge in [0.2, 0.25) is 0 Å². The van der Waals surface area contributed by atoms with E-state index in [0.717, 1.165) is 0 Å². The topological polar surface area (TPSA) is 67.8 Å². The highest BCUT2D eigenvalue weighted by Crippen LogP contribution is 2.35. The van der Waals surface area contributed by atoms with Crippen LogP contribution in [0.5, 0.6) is 11.5 Å². The van der Waals surface area contributed by atoms with Crippen LogP contribution in [-0.2, 0) is 4.74 Å². The van der Waals surface area contributed by atoms with Crippen molar-refractivity contribution in [1.29, 1.82) is 0 Å². The van der Waals surface area contributed by atoms with E-state index in [9.17, 15) is 9.90 Å². The fourth-order valence-electron chi connectivity index (χ4n) is 1.74. The van der Waals surface area contributed by atoms with E-state index in [-0.39, 0.29) is 24.2 Å². The number of aromatic hydroxyl groups is 1.